The van der Waals surface area contributed by atoms with Crippen molar-refractivity contribution in [2.45, 2.75) is 23.6 Å². The Kier molecular flexibility index (Phi) is 3.21. The van der Waals surface area contributed by atoms with Crippen molar-refractivity contribution in [3.63, 3.8) is 0 Å². The topological polar surface area (TPSA) is 38.3 Å². The molecular weight excluding hydrogens is 230 g/mol. The van der Waals surface area contributed by atoms with Crippen molar-refractivity contribution in [3.05, 3.63) is 10.9 Å². The molecule has 0 bridgehead atoms. The van der Waals surface area contributed by atoms with Gasteiger partial charge in [0.15, 0.2) is 0 Å². The van der Waals surface area contributed by atoms with Gasteiger partial charge in [-0.25, -0.2) is 4.79 Å². The smallest absolute Gasteiger partial charge is 0.328 e. The van der Waals surface area contributed by atoms with E-state index >= 15 is 0 Å². The van der Waals surface area contributed by atoms with Gasteiger partial charge in [-0.1, -0.05) is 0 Å². The highest BCUT2D eigenvalue weighted by Crippen LogP contribution is 2.38. The first kappa shape index (κ1) is 10.8. The number of ether oxygens (including phenoxy) is 1. The number of thioether (sulfide) groups is 1. The quantitative estimate of drug-likeness (QED) is 0.653. The summed E-state index contributed by atoms with van der Waals surface area (Å²) in [6.45, 7) is 2.27. The average Bonchev–Trinajstić information content (AvgIpc) is 2.74. The van der Waals surface area contributed by atoms with Gasteiger partial charge in [0.05, 0.1) is 16.5 Å². The van der Waals surface area contributed by atoms with E-state index in [-0.39, 0.29) is 12.0 Å². The molecule has 0 aromatic carbocycles. The third-order valence-corrected chi connectivity index (χ3v) is 4.50. The summed E-state index contributed by atoms with van der Waals surface area (Å²) >= 11 is 3.49. The van der Waals surface area contributed by atoms with Crippen LogP contribution >= 0.6 is 23.1 Å². The van der Waals surface area contributed by atoms with Gasteiger partial charge in [-0.2, -0.15) is 0 Å². The Balaban J connectivity index is 2.04. The van der Waals surface area contributed by atoms with Crippen LogP contribution in [0, 0.1) is 0 Å². The average molecular weight is 243 g/mol. The van der Waals surface area contributed by atoms with E-state index in [1.54, 1.807) is 23.1 Å². The fraction of sp³-hybridized carbons (Fsp3) is 0.500. The maximum Gasteiger partial charge on any atom is 0.328 e. The van der Waals surface area contributed by atoms with E-state index in [1.165, 1.54) is 9.09 Å². The second-order valence-corrected chi connectivity index (χ2v) is 5.50. The monoisotopic (exact) mass is 243 g/mol. The zero-order chi connectivity index (χ0) is 10.8. The lowest BCUT2D eigenvalue weighted by Crippen LogP contribution is -2.29. The molecular formula is C10H13NO2S2. The van der Waals surface area contributed by atoms with Crippen molar-refractivity contribution < 1.29 is 9.53 Å². The minimum absolute atomic E-state index is 0.147. The van der Waals surface area contributed by atoms with Crippen LogP contribution in [0.15, 0.2) is 10.3 Å². The van der Waals surface area contributed by atoms with E-state index in [0.29, 0.717) is 6.61 Å². The van der Waals surface area contributed by atoms with E-state index in [1.807, 2.05) is 6.92 Å². The van der Waals surface area contributed by atoms with E-state index < -0.39 is 0 Å². The second kappa shape index (κ2) is 4.45. The zero-order valence-corrected chi connectivity index (χ0v) is 10.3. The Morgan fingerprint density at radius 2 is 2.60 bits per heavy atom. The van der Waals surface area contributed by atoms with Gasteiger partial charge in [-0.15, -0.1) is 23.1 Å². The van der Waals surface area contributed by atoms with Crippen molar-refractivity contribution in [1.82, 2.24) is 0 Å². The van der Waals surface area contributed by atoms with Gasteiger partial charge >= 0.3 is 5.97 Å². The molecule has 2 rings (SSSR count). The molecule has 1 N–H and O–H groups in total. The van der Waals surface area contributed by atoms with Gasteiger partial charge in [0.2, 0.25) is 0 Å². The summed E-state index contributed by atoms with van der Waals surface area (Å²) in [5, 5.41) is 3.20. The summed E-state index contributed by atoms with van der Waals surface area (Å²) in [6.07, 6.45) is 2.82. The first-order chi connectivity index (χ1) is 7.24. The molecule has 1 aromatic rings. The molecule has 5 heteroatoms. The van der Waals surface area contributed by atoms with Gasteiger partial charge in [0.1, 0.15) is 6.04 Å². The van der Waals surface area contributed by atoms with E-state index in [0.717, 1.165) is 12.1 Å². The number of hydrogen-bond acceptors (Lipinski definition) is 5. The number of fused-ring (bicyclic) bond motifs is 1. The molecule has 3 nitrogen and oxygen atoms in total. The summed E-state index contributed by atoms with van der Waals surface area (Å²) in [6, 6.07) is 1.92. The molecule has 0 saturated heterocycles. The summed E-state index contributed by atoms with van der Waals surface area (Å²) < 4.78 is 6.27. The van der Waals surface area contributed by atoms with Crippen LogP contribution in [-0.4, -0.2) is 24.9 Å². The lowest BCUT2D eigenvalue weighted by molar-refractivity contribution is -0.143. The minimum atomic E-state index is -0.179. The first-order valence-electron chi connectivity index (χ1n) is 4.84. The Morgan fingerprint density at radius 3 is 3.20 bits per heavy atom. The highest BCUT2D eigenvalue weighted by Gasteiger charge is 2.29. The maximum absolute atomic E-state index is 11.5. The molecule has 1 unspecified atom stereocenters. The third-order valence-electron chi connectivity index (χ3n) is 2.28. The highest BCUT2D eigenvalue weighted by atomic mass is 32.2. The van der Waals surface area contributed by atoms with Gasteiger partial charge in [-0.3, -0.25) is 0 Å². The Hall–Kier alpha value is -0.680. The van der Waals surface area contributed by atoms with Crippen LogP contribution in [0.3, 0.4) is 0 Å². The lowest BCUT2D eigenvalue weighted by Gasteiger charge is -2.09. The standard InChI is InChI=1S/C10H13NO2S2/c1-3-13-10(12)7-4-8-6(11-7)5-9(14-2)15-8/h5,7,11H,3-4H2,1-2H3. The Bertz CT molecular complexity index is 352. The third kappa shape index (κ3) is 2.13. The fourth-order valence-electron chi connectivity index (χ4n) is 1.59. The summed E-state index contributed by atoms with van der Waals surface area (Å²) in [4.78, 5) is 12.7. The molecule has 1 aliphatic heterocycles. The minimum Gasteiger partial charge on any atom is -0.464 e. The van der Waals surface area contributed by atoms with Crippen molar-refractivity contribution in [2.75, 3.05) is 18.2 Å². The maximum atomic E-state index is 11.5. The molecule has 82 valence electrons. The van der Waals surface area contributed by atoms with E-state index in [4.69, 9.17) is 4.74 Å². The molecule has 1 atom stereocenters. The molecule has 0 fully saturated rings. The lowest BCUT2D eigenvalue weighted by atomic mass is 10.2. The Morgan fingerprint density at radius 1 is 1.80 bits per heavy atom. The van der Waals surface area contributed by atoms with Crippen LogP contribution in [0.25, 0.3) is 0 Å². The summed E-state index contributed by atoms with van der Waals surface area (Å²) in [7, 11) is 0. The fourth-order valence-corrected chi connectivity index (χ4v) is 3.36. The van der Waals surface area contributed by atoms with Gasteiger partial charge in [0, 0.05) is 11.3 Å². The Labute approximate surface area is 97.2 Å². The molecule has 0 aliphatic carbocycles. The van der Waals surface area contributed by atoms with Crippen LogP contribution in [0.2, 0.25) is 0 Å². The van der Waals surface area contributed by atoms with Crippen molar-refractivity contribution >= 4 is 34.8 Å². The van der Waals surface area contributed by atoms with E-state index in [2.05, 4.69) is 17.6 Å². The van der Waals surface area contributed by atoms with Crippen molar-refractivity contribution in [1.29, 1.82) is 0 Å². The number of carbonyl (C=O) groups is 1. The van der Waals surface area contributed by atoms with Crippen LogP contribution in [0.5, 0.6) is 0 Å². The van der Waals surface area contributed by atoms with Crippen LogP contribution in [0.1, 0.15) is 11.8 Å². The van der Waals surface area contributed by atoms with Crippen LogP contribution in [0.4, 0.5) is 5.69 Å². The largest absolute Gasteiger partial charge is 0.464 e. The molecule has 0 saturated carbocycles. The molecule has 0 amide bonds. The van der Waals surface area contributed by atoms with Crippen LogP contribution in [-0.2, 0) is 16.0 Å². The molecule has 1 aromatic heterocycles. The number of thiophene rings is 1. The van der Waals surface area contributed by atoms with Crippen LogP contribution < -0.4 is 5.32 Å². The normalized spacial score (nSPS) is 18.4. The predicted octanol–water partition coefficient (Wildman–Crippen LogP) is 2.37. The molecule has 2 heterocycles. The SMILES string of the molecule is CCOC(=O)C1Cc2sc(SC)cc2N1. The molecule has 15 heavy (non-hydrogen) atoms. The second-order valence-electron chi connectivity index (χ2n) is 3.26. The van der Waals surface area contributed by atoms with Crippen molar-refractivity contribution in [2.24, 2.45) is 0 Å². The molecule has 0 spiro atoms. The van der Waals surface area contributed by atoms with Gasteiger partial charge < -0.3 is 10.1 Å². The number of rotatable bonds is 3. The number of esters is 1. The van der Waals surface area contributed by atoms with Gasteiger partial charge in [-0.05, 0) is 19.2 Å². The number of anilines is 1. The first-order valence-corrected chi connectivity index (χ1v) is 6.88. The summed E-state index contributed by atoms with van der Waals surface area (Å²) in [5.74, 6) is -0.147. The predicted molar refractivity (Wildman–Crippen MR) is 63.8 cm³/mol. The van der Waals surface area contributed by atoms with Gasteiger partial charge in [0.25, 0.3) is 0 Å². The molecule has 0 radical (unpaired) electrons. The van der Waals surface area contributed by atoms with Crippen molar-refractivity contribution in [3.8, 4) is 0 Å². The van der Waals surface area contributed by atoms with E-state index in [9.17, 15) is 4.79 Å². The molecule has 1 aliphatic rings. The summed E-state index contributed by atoms with van der Waals surface area (Å²) in [5.41, 5.74) is 1.10. The highest BCUT2D eigenvalue weighted by molar-refractivity contribution is 8.00. The number of nitrogens with one attached hydrogen (secondary N) is 1. The number of hydrogen-bond donors (Lipinski definition) is 1. The number of carbonyl (C=O) groups excluding carboxylic acids is 1. The zero-order valence-electron chi connectivity index (χ0n) is 8.70.